The van der Waals surface area contributed by atoms with Gasteiger partial charge in [0.05, 0.1) is 10.5 Å². The summed E-state index contributed by atoms with van der Waals surface area (Å²) in [6.07, 6.45) is 0. The van der Waals surface area contributed by atoms with Crippen molar-refractivity contribution in [2.75, 3.05) is 0 Å². The first-order valence-corrected chi connectivity index (χ1v) is 12.8. The summed E-state index contributed by atoms with van der Waals surface area (Å²) >= 11 is 0. The molecule has 37 heavy (non-hydrogen) atoms. The Labute approximate surface area is 255 Å². The van der Waals surface area contributed by atoms with E-state index in [9.17, 15) is 25.9 Å². The third-order valence-corrected chi connectivity index (χ3v) is 8.37. The summed E-state index contributed by atoms with van der Waals surface area (Å²) in [6.45, 7) is -0.400. The predicted octanol–water partition coefficient (Wildman–Crippen LogP) is -2.74. The van der Waals surface area contributed by atoms with Crippen molar-refractivity contribution in [3.8, 4) is 0 Å². The zero-order chi connectivity index (χ0) is 26.2. The average Bonchev–Trinajstić information content (AvgIpc) is 3.14. The molecular formula is C19H16BF2N5Na2O6S2. The molecule has 3 heterocycles. The van der Waals surface area contributed by atoms with Crippen molar-refractivity contribution in [3.05, 3.63) is 73.4 Å². The molecule has 184 valence electrons. The molecule has 0 N–H and O–H groups in total. The molecule has 0 atom stereocenters. The van der Waals surface area contributed by atoms with Crippen LogP contribution in [0.15, 0.2) is 50.5 Å². The van der Waals surface area contributed by atoms with Crippen LogP contribution in [0.2, 0.25) is 0 Å². The second kappa shape index (κ2) is 10.4. The second-order valence-electron chi connectivity index (χ2n) is 8.12. The number of hydrogen-bond donors (Lipinski definition) is 0. The molecule has 0 amide bonds. The molecule has 2 aliphatic rings. The Morgan fingerprint density at radius 3 is 2.00 bits per heavy atom. The Morgan fingerprint density at radius 2 is 1.54 bits per heavy atom. The van der Waals surface area contributed by atoms with Crippen LogP contribution >= 0.6 is 0 Å². The summed E-state index contributed by atoms with van der Waals surface area (Å²) in [6, 6.07) is 5.57. The number of azide groups is 1. The van der Waals surface area contributed by atoms with Crippen molar-refractivity contribution in [2.45, 2.75) is 32.6 Å². The van der Waals surface area contributed by atoms with Gasteiger partial charge in [0, 0.05) is 34.5 Å². The van der Waals surface area contributed by atoms with E-state index in [2.05, 4.69) is 10.0 Å². The fraction of sp³-hybridized carbons (Fsp3) is 0.211. The number of allylic oxidation sites excluding steroid dienone is 2. The van der Waals surface area contributed by atoms with E-state index >= 15 is 8.63 Å². The summed E-state index contributed by atoms with van der Waals surface area (Å²) in [5, 5.41) is 3.44. The number of hydrogen-bond acceptors (Lipinski definition) is 7. The van der Waals surface area contributed by atoms with Crippen LogP contribution in [-0.2, 0) is 20.2 Å². The largest absolute Gasteiger partial charge is 1.00 e. The van der Waals surface area contributed by atoms with Gasteiger partial charge in [0.25, 0.3) is 0 Å². The molecule has 0 saturated carbocycles. The molecular weight excluding hydrogens is 553 g/mol. The minimum Gasteiger partial charge on any atom is -0.744 e. The summed E-state index contributed by atoms with van der Waals surface area (Å²) in [7, 11) is -10.3. The van der Waals surface area contributed by atoms with E-state index in [0.717, 1.165) is 13.8 Å². The van der Waals surface area contributed by atoms with Gasteiger partial charge >= 0.3 is 66.1 Å². The van der Waals surface area contributed by atoms with E-state index in [1.165, 1.54) is 38.1 Å². The minimum atomic E-state index is -5.17. The molecule has 0 unspecified atom stereocenters. The zero-order valence-electron chi connectivity index (χ0n) is 20.6. The van der Waals surface area contributed by atoms with Crippen LogP contribution in [0.3, 0.4) is 0 Å². The van der Waals surface area contributed by atoms with Crippen LogP contribution in [0, 0.1) is 13.8 Å². The maximum absolute atomic E-state index is 16.1. The Hall–Kier alpha value is -1.30. The van der Waals surface area contributed by atoms with Crippen molar-refractivity contribution in [3.63, 3.8) is 0 Å². The summed E-state index contributed by atoms with van der Waals surface area (Å²) in [4.78, 5) is 1.04. The van der Waals surface area contributed by atoms with Crippen molar-refractivity contribution >= 4 is 44.2 Å². The topological polar surface area (TPSA) is 171 Å². The van der Waals surface area contributed by atoms with E-state index in [1.54, 1.807) is 0 Å². The van der Waals surface area contributed by atoms with E-state index in [0.29, 0.717) is 8.96 Å². The molecule has 0 aliphatic carbocycles. The van der Waals surface area contributed by atoms with Gasteiger partial charge in [0.15, 0.2) is 5.70 Å². The summed E-state index contributed by atoms with van der Waals surface area (Å²) < 4.78 is 105. The number of aromatic nitrogens is 1. The van der Waals surface area contributed by atoms with Gasteiger partial charge in [-0.3, -0.25) is 0 Å². The van der Waals surface area contributed by atoms with Gasteiger partial charge in [-0.2, -0.15) is 0 Å². The van der Waals surface area contributed by atoms with E-state index < -0.39 is 48.4 Å². The average molecular weight is 569 g/mol. The third kappa shape index (κ3) is 4.83. The van der Waals surface area contributed by atoms with Crippen molar-refractivity contribution in [2.24, 2.45) is 5.11 Å². The van der Waals surface area contributed by atoms with Crippen LogP contribution in [0.4, 0.5) is 14.3 Å². The predicted molar refractivity (Wildman–Crippen MR) is 120 cm³/mol. The van der Waals surface area contributed by atoms with Crippen LogP contribution in [0.5, 0.6) is 0 Å². The number of nitrogens with zero attached hydrogens (tertiary/aromatic N) is 5. The maximum atomic E-state index is 16.1. The molecule has 1 aromatic heterocycles. The van der Waals surface area contributed by atoms with E-state index in [4.69, 9.17) is 5.53 Å². The summed E-state index contributed by atoms with van der Waals surface area (Å²) in [5.74, 6) is 0. The van der Waals surface area contributed by atoms with Gasteiger partial charge in [-0.15, -0.1) is 0 Å². The standard InChI is InChI=1S/C19H18BF2N5O6S2.2Na/c1-9-16-15(13-5-7-14(8-6-13)24-25-23)17-10(2)19(35(31,32)33)12(4)27(17)20(21,22)26(16)11(3)18(9)34(28,29)30;;/h5-8H,1-4H3,(H,28,29,30)(H,31,32,33);;/q;2*+1/p-2. The molecule has 0 saturated heterocycles. The monoisotopic (exact) mass is 569 g/mol. The van der Waals surface area contributed by atoms with Gasteiger partial charge in [0.2, 0.25) is 0 Å². The van der Waals surface area contributed by atoms with Gasteiger partial charge in [0.1, 0.15) is 30.9 Å². The molecule has 0 radical (unpaired) electrons. The molecule has 1 aromatic carbocycles. The number of benzene rings is 1. The van der Waals surface area contributed by atoms with Gasteiger partial charge in [-0.1, -0.05) is 29.4 Å². The van der Waals surface area contributed by atoms with Crippen LogP contribution in [0.25, 0.3) is 16.0 Å². The van der Waals surface area contributed by atoms with Gasteiger partial charge in [-0.05, 0) is 37.4 Å². The smallest absolute Gasteiger partial charge is 0.744 e. The number of fused-ring (bicyclic) bond motifs is 2. The molecule has 0 bridgehead atoms. The molecule has 2 aromatic rings. The normalized spacial score (nSPS) is 16.5. The Kier molecular flexibility index (Phi) is 8.93. The first kappa shape index (κ1) is 31.9. The molecule has 18 heteroatoms. The molecule has 0 spiro atoms. The molecule has 4 rings (SSSR count). The Morgan fingerprint density at radius 1 is 1.00 bits per heavy atom. The van der Waals surface area contributed by atoms with E-state index in [-0.39, 0.29) is 98.5 Å². The van der Waals surface area contributed by atoms with E-state index in [1.807, 2.05) is 0 Å². The third-order valence-electron chi connectivity index (χ3n) is 6.16. The Balaban J connectivity index is 0.00000241. The second-order valence-corrected chi connectivity index (χ2v) is 10.8. The van der Waals surface area contributed by atoms with Crippen LogP contribution in [0.1, 0.15) is 36.4 Å². The maximum Gasteiger partial charge on any atom is 1.00 e. The van der Waals surface area contributed by atoms with Gasteiger partial charge < -0.3 is 26.7 Å². The van der Waals surface area contributed by atoms with Crippen molar-refractivity contribution in [1.82, 2.24) is 4.48 Å². The first-order valence-electron chi connectivity index (χ1n) is 9.95. The number of halogens is 2. The van der Waals surface area contributed by atoms with Crippen LogP contribution < -0.4 is 59.1 Å². The molecule has 11 nitrogen and oxygen atoms in total. The van der Waals surface area contributed by atoms with Crippen LogP contribution in [-0.4, -0.2) is 47.6 Å². The zero-order valence-corrected chi connectivity index (χ0v) is 26.3. The molecule has 2 aliphatic heterocycles. The fourth-order valence-electron chi connectivity index (χ4n) is 5.05. The Bertz CT molecular complexity index is 1710. The van der Waals surface area contributed by atoms with Crippen molar-refractivity contribution in [1.29, 1.82) is 0 Å². The quantitative estimate of drug-likeness (QED) is 0.127. The number of rotatable bonds is 4. The minimum absolute atomic E-state index is 0. The SMILES string of the molecule is CC1=C(S(=O)(=O)[O-])C(C)=[N+]2C1=C(c1ccc(N=[N+]=[N-])cc1)c1c(C)c(S(=O)(=O)[O-])c(C)n1[B-]2(F)F.[Na+].[Na+]. The molecule has 0 fully saturated rings. The van der Waals surface area contributed by atoms with Gasteiger partial charge in [-0.25, -0.2) is 16.8 Å². The first-order chi connectivity index (χ1) is 16.0. The van der Waals surface area contributed by atoms with Crippen molar-refractivity contribution < 1.29 is 98.2 Å². The summed E-state index contributed by atoms with van der Waals surface area (Å²) in [5.41, 5.74) is 6.89. The fourth-order valence-corrected chi connectivity index (χ4v) is 6.91.